The summed E-state index contributed by atoms with van der Waals surface area (Å²) < 4.78 is 28.7. The molecule has 6 nitrogen and oxygen atoms in total. The van der Waals surface area contributed by atoms with Gasteiger partial charge >= 0.3 is 0 Å². The lowest BCUT2D eigenvalue weighted by Gasteiger charge is -2.08. The molecule has 0 saturated heterocycles. The highest BCUT2D eigenvalue weighted by atomic mass is 32.2. The summed E-state index contributed by atoms with van der Waals surface area (Å²) in [5.41, 5.74) is 3.01. The van der Waals surface area contributed by atoms with Crippen LogP contribution in [-0.4, -0.2) is 37.0 Å². The Morgan fingerprint density at radius 3 is 2.64 bits per heavy atom. The van der Waals surface area contributed by atoms with E-state index in [2.05, 4.69) is 15.2 Å². The van der Waals surface area contributed by atoms with E-state index in [0.717, 1.165) is 16.5 Å². The maximum absolute atomic E-state index is 11.7. The van der Waals surface area contributed by atoms with E-state index in [0.29, 0.717) is 22.0 Å². The van der Waals surface area contributed by atoms with Crippen molar-refractivity contribution in [2.75, 3.05) is 13.4 Å². The normalized spacial score (nSPS) is 11.8. The van der Waals surface area contributed by atoms with Crippen molar-refractivity contribution >= 4 is 20.7 Å². The van der Waals surface area contributed by atoms with Crippen LogP contribution in [0.4, 0.5) is 0 Å². The van der Waals surface area contributed by atoms with Gasteiger partial charge in [-0.25, -0.2) is 8.42 Å². The Hall–Kier alpha value is -2.41. The first-order valence-corrected chi connectivity index (χ1v) is 8.49. The van der Waals surface area contributed by atoms with Crippen molar-refractivity contribution < 1.29 is 13.2 Å². The van der Waals surface area contributed by atoms with Crippen molar-refractivity contribution in [2.45, 2.75) is 11.8 Å². The highest BCUT2D eigenvalue weighted by molar-refractivity contribution is 7.90. The summed E-state index contributed by atoms with van der Waals surface area (Å²) in [6, 6.07) is 6.97. The second-order valence-electron chi connectivity index (χ2n) is 5.07. The fourth-order valence-electron chi connectivity index (χ4n) is 2.52. The zero-order valence-electron chi connectivity index (χ0n) is 12.4. The minimum absolute atomic E-state index is 0.322. The van der Waals surface area contributed by atoms with Crippen LogP contribution in [0, 0.1) is 6.92 Å². The molecular weight excluding hydrogens is 302 g/mol. The van der Waals surface area contributed by atoms with Gasteiger partial charge in [0.15, 0.2) is 9.84 Å². The van der Waals surface area contributed by atoms with Crippen LogP contribution in [0.2, 0.25) is 0 Å². The van der Waals surface area contributed by atoms with Crippen LogP contribution in [0.3, 0.4) is 0 Å². The predicted molar refractivity (Wildman–Crippen MR) is 83.7 cm³/mol. The largest absolute Gasteiger partial charge is 0.479 e. The lowest BCUT2D eigenvalue weighted by molar-refractivity contribution is 0.401. The average molecular weight is 317 g/mol. The molecule has 0 aliphatic heterocycles. The number of pyridine rings is 1. The van der Waals surface area contributed by atoms with Crippen LogP contribution in [0.25, 0.3) is 22.2 Å². The molecule has 0 atom stereocenters. The van der Waals surface area contributed by atoms with Crippen molar-refractivity contribution in [1.82, 2.24) is 15.2 Å². The molecule has 0 radical (unpaired) electrons. The van der Waals surface area contributed by atoms with E-state index in [1.165, 1.54) is 6.26 Å². The molecule has 7 heteroatoms. The van der Waals surface area contributed by atoms with Gasteiger partial charge in [-0.15, -0.1) is 5.10 Å². The maximum Gasteiger partial charge on any atom is 0.242 e. The molecule has 0 saturated carbocycles. The summed E-state index contributed by atoms with van der Waals surface area (Å²) in [5.74, 6) is 0.461. The Kier molecular flexibility index (Phi) is 3.37. The number of aryl methyl sites for hydroxylation is 1. The van der Waals surface area contributed by atoms with E-state index < -0.39 is 9.84 Å². The van der Waals surface area contributed by atoms with Crippen LogP contribution in [-0.2, 0) is 9.84 Å². The van der Waals surface area contributed by atoms with Gasteiger partial charge in [-0.3, -0.25) is 10.1 Å². The topological polar surface area (TPSA) is 84.9 Å². The molecule has 0 fully saturated rings. The number of aromatic nitrogens is 3. The maximum atomic E-state index is 11.7. The first-order valence-electron chi connectivity index (χ1n) is 6.60. The molecule has 0 bridgehead atoms. The van der Waals surface area contributed by atoms with E-state index in [1.807, 2.05) is 12.1 Å². The van der Waals surface area contributed by atoms with Gasteiger partial charge in [0.05, 0.1) is 28.6 Å². The second kappa shape index (κ2) is 5.10. The van der Waals surface area contributed by atoms with Crippen LogP contribution >= 0.6 is 0 Å². The van der Waals surface area contributed by atoms with Gasteiger partial charge < -0.3 is 4.74 Å². The Bertz CT molecular complexity index is 961. The number of benzene rings is 1. The Morgan fingerprint density at radius 2 is 2.00 bits per heavy atom. The minimum Gasteiger partial charge on any atom is -0.479 e. The molecule has 0 unspecified atom stereocenters. The molecule has 3 aromatic rings. The highest BCUT2D eigenvalue weighted by Gasteiger charge is 2.16. The molecule has 3 rings (SSSR count). The first kappa shape index (κ1) is 14.5. The van der Waals surface area contributed by atoms with Crippen LogP contribution in [0.5, 0.6) is 5.88 Å². The number of ether oxygens (including phenoxy) is 1. The molecule has 2 heterocycles. The number of methoxy groups -OCH3 is 1. The lowest BCUT2D eigenvalue weighted by Crippen LogP contribution is -2.00. The standard InChI is InChI=1S/C15H15N3O3S/c1-9-8-10(4-5-12(9)22(3,19)20)14-13-11(6-7-16-14)17-18-15(13)21-2/h4-8H,1-3H3,(H,17,18). The van der Waals surface area contributed by atoms with E-state index >= 15 is 0 Å². The third-order valence-corrected chi connectivity index (χ3v) is 4.74. The predicted octanol–water partition coefficient (Wildman–Crippen LogP) is 2.35. The van der Waals surface area contributed by atoms with Gasteiger partial charge in [0.25, 0.3) is 0 Å². The van der Waals surface area contributed by atoms with Crippen molar-refractivity contribution in [1.29, 1.82) is 0 Å². The number of nitrogens with zero attached hydrogens (tertiary/aromatic N) is 2. The first-order chi connectivity index (χ1) is 10.4. The summed E-state index contributed by atoms with van der Waals surface area (Å²) in [6.45, 7) is 1.77. The van der Waals surface area contributed by atoms with Crippen LogP contribution < -0.4 is 4.74 Å². The second-order valence-corrected chi connectivity index (χ2v) is 7.05. The lowest BCUT2D eigenvalue weighted by atomic mass is 10.1. The zero-order valence-corrected chi connectivity index (χ0v) is 13.2. The molecule has 0 aliphatic rings. The van der Waals surface area contributed by atoms with Crippen molar-refractivity contribution in [3.8, 4) is 17.1 Å². The van der Waals surface area contributed by atoms with E-state index in [4.69, 9.17) is 4.74 Å². The monoisotopic (exact) mass is 317 g/mol. The number of sulfone groups is 1. The third kappa shape index (κ3) is 2.33. The summed E-state index contributed by atoms with van der Waals surface area (Å²) in [7, 11) is -1.69. The zero-order chi connectivity index (χ0) is 15.9. The number of H-pyrrole nitrogens is 1. The average Bonchev–Trinajstić information content (AvgIpc) is 2.88. The number of rotatable bonds is 3. The highest BCUT2D eigenvalue weighted by Crippen LogP contribution is 2.33. The SMILES string of the molecule is COc1n[nH]c2ccnc(-c3ccc(S(C)(=O)=O)c(C)c3)c12. The number of aromatic amines is 1. The van der Waals surface area contributed by atoms with Crippen molar-refractivity contribution in [3.05, 3.63) is 36.0 Å². The Balaban J connectivity index is 2.24. The van der Waals surface area contributed by atoms with Gasteiger partial charge in [0.1, 0.15) is 0 Å². The van der Waals surface area contributed by atoms with E-state index in [9.17, 15) is 8.42 Å². The van der Waals surface area contributed by atoms with Gasteiger partial charge in [-0.05, 0) is 30.7 Å². The van der Waals surface area contributed by atoms with E-state index in [1.54, 1.807) is 32.4 Å². The molecule has 1 aromatic carbocycles. The molecule has 114 valence electrons. The van der Waals surface area contributed by atoms with Crippen LogP contribution in [0.1, 0.15) is 5.56 Å². The summed E-state index contributed by atoms with van der Waals surface area (Å²) >= 11 is 0. The third-order valence-electron chi connectivity index (χ3n) is 3.48. The summed E-state index contributed by atoms with van der Waals surface area (Å²) in [6.07, 6.45) is 2.88. The molecule has 22 heavy (non-hydrogen) atoms. The van der Waals surface area contributed by atoms with Gasteiger partial charge in [0, 0.05) is 18.0 Å². The molecule has 0 spiro atoms. The van der Waals surface area contributed by atoms with E-state index in [-0.39, 0.29) is 0 Å². The Morgan fingerprint density at radius 1 is 1.23 bits per heavy atom. The van der Waals surface area contributed by atoms with Crippen LogP contribution in [0.15, 0.2) is 35.4 Å². The van der Waals surface area contributed by atoms with Gasteiger partial charge in [0.2, 0.25) is 5.88 Å². The quantitative estimate of drug-likeness (QED) is 0.801. The molecule has 0 aliphatic carbocycles. The molecule has 0 amide bonds. The number of nitrogens with one attached hydrogen (secondary N) is 1. The smallest absolute Gasteiger partial charge is 0.242 e. The minimum atomic E-state index is -3.24. The molecule has 2 aromatic heterocycles. The number of fused-ring (bicyclic) bond motifs is 1. The molecular formula is C15H15N3O3S. The summed E-state index contributed by atoms with van der Waals surface area (Å²) in [4.78, 5) is 4.72. The van der Waals surface area contributed by atoms with Gasteiger partial charge in [-0.1, -0.05) is 6.07 Å². The fourth-order valence-corrected chi connectivity index (χ4v) is 3.48. The number of hydrogen-bond donors (Lipinski definition) is 1. The summed E-state index contributed by atoms with van der Waals surface area (Å²) in [5, 5.41) is 7.76. The van der Waals surface area contributed by atoms with Crippen molar-refractivity contribution in [2.24, 2.45) is 0 Å². The van der Waals surface area contributed by atoms with Crippen molar-refractivity contribution in [3.63, 3.8) is 0 Å². The molecule has 1 N–H and O–H groups in total. The fraction of sp³-hybridized carbons (Fsp3) is 0.200. The van der Waals surface area contributed by atoms with Gasteiger partial charge in [-0.2, -0.15) is 0 Å². The number of hydrogen-bond acceptors (Lipinski definition) is 5. The Labute approximate surface area is 128 Å².